The third-order valence-corrected chi connectivity index (χ3v) is 3.57. The Morgan fingerprint density at radius 1 is 0.963 bits per heavy atom. The first-order chi connectivity index (χ1) is 12.9. The van der Waals surface area contributed by atoms with Crippen LogP contribution in [-0.4, -0.2) is 39.8 Å². The van der Waals surface area contributed by atoms with Crippen molar-refractivity contribution in [1.82, 2.24) is 0 Å². The first-order valence-corrected chi connectivity index (χ1v) is 7.72. The molecule has 0 saturated carbocycles. The maximum atomic E-state index is 13.6. The van der Waals surface area contributed by atoms with Gasteiger partial charge in [-0.05, 0) is 12.1 Å². The highest BCUT2D eigenvalue weighted by molar-refractivity contribution is 5.99. The van der Waals surface area contributed by atoms with E-state index in [9.17, 15) is 18.4 Å². The van der Waals surface area contributed by atoms with Crippen molar-refractivity contribution in [3.63, 3.8) is 0 Å². The number of ether oxygens (including phenoxy) is 3. The molecule has 9 heteroatoms. The SMILES string of the molecule is COC(=O)c1cc(OC)c(OC)cc1NCC(=O)Nc1ccc(F)cc1F. The summed E-state index contributed by atoms with van der Waals surface area (Å²) in [5.74, 6) is -2.27. The summed E-state index contributed by atoms with van der Waals surface area (Å²) in [6.45, 7) is -0.295. The van der Waals surface area contributed by atoms with Gasteiger partial charge in [0.2, 0.25) is 5.91 Å². The molecule has 1 amide bonds. The maximum absolute atomic E-state index is 13.6. The van der Waals surface area contributed by atoms with Gasteiger partial charge in [-0.2, -0.15) is 0 Å². The predicted octanol–water partition coefficient (Wildman–Crippen LogP) is 2.82. The molecule has 0 fully saturated rings. The lowest BCUT2D eigenvalue weighted by atomic mass is 10.1. The smallest absolute Gasteiger partial charge is 0.340 e. The quantitative estimate of drug-likeness (QED) is 0.719. The normalized spacial score (nSPS) is 10.1. The van der Waals surface area contributed by atoms with Crippen LogP contribution >= 0.6 is 0 Å². The van der Waals surface area contributed by atoms with Gasteiger partial charge in [-0.1, -0.05) is 0 Å². The monoisotopic (exact) mass is 380 g/mol. The number of amides is 1. The van der Waals surface area contributed by atoms with Crippen molar-refractivity contribution in [3.05, 3.63) is 47.5 Å². The second-order valence-electron chi connectivity index (χ2n) is 5.27. The number of benzene rings is 2. The molecule has 2 aromatic carbocycles. The molecular weight excluding hydrogens is 362 g/mol. The molecule has 0 heterocycles. The first kappa shape index (κ1) is 20.0. The van der Waals surface area contributed by atoms with E-state index in [2.05, 4.69) is 10.6 Å². The van der Waals surface area contributed by atoms with Crippen LogP contribution in [-0.2, 0) is 9.53 Å². The van der Waals surface area contributed by atoms with E-state index >= 15 is 0 Å². The molecule has 2 aromatic rings. The van der Waals surface area contributed by atoms with Crippen LogP contribution in [0, 0.1) is 11.6 Å². The van der Waals surface area contributed by atoms with E-state index in [1.165, 1.54) is 33.5 Å². The molecule has 0 radical (unpaired) electrons. The molecule has 2 rings (SSSR count). The highest BCUT2D eigenvalue weighted by atomic mass is 19.1. The Labute approximate surface area is 154 Å². The fourth-order valence-corrected chi connectivity index (χ4v) is 2.26. The second-order valence-corrected chi connectivity index (χ2v) is 5.27. The summed E-state index contributed by atoms with van der Waals surface area (Å²) in [6, 6.07) is 5.67. The van der Waals surface area contributed by atoms with Gasteiger partial charge in [0.1, 0.15) is 11.6 Å². The Morgan fingerprint density at radius 2 is 1.63 bits per heavy atom. The highest BCUT2D eigenvalue weighted by Crippen LogP contribution is 2.33. The molecular formula is C18H18F2N2O5. The third-order valence-electron chi connectivity index (χ3n) is 3.57. The van der Waals surface area contributed by atoms with Gasteiger partial charge in [-0.25, -0.2) is 13.6 Å². The Kier molecular flexibility index (Phi) is 6.53. The molecule has 0 bridgehead atoms. The molecule has 2 N–H and O–H groups in total. The van der Waals surface area contributed by atoms with Crippen molar-refractivity contribution in [2.45, 2.75) is 0 Å². The van der Waals surface area contributed by atoms with Crippen LogP contribution in [0.4, 0.5) is 20.2 Å². The van der Waals surface area contributed by atoms with Crippen LogP contribution in [0.15, 0.2) is 30.3 Å². The molecule has 0 unspecified atom stereocenters. The van der Waals surface area contributed by atoms with Crippen LogP contribution in [0.2, 0.25) is 0 Å². The Balaban J connectivity index is 2.17. The number of methoxy groups -OCH3 is 3. The summed E-state index contributed by atoms with van der Waals surface area (Å²) < 4.78 is 41.5. The zero-order valence-electron chi connectivity index (χ0n) is 14.9. The van der Waals surface area contributed by atoms with Gasteiger partial charge >= 0.3 is 5.97 Å². The standard InChI is InChI=1S/C18H18F2N2O5/c1-25-15-7-11(18(24)27-3)14(8-16(15)26-2)21-9-17(23)22-13-5-4-10(19)6-12(13)20/h4-8,21H,9H2,1-3H3,(H,22,23). The van der Waals surface area contributed by atoms with Gasteiger partial charge in [-0.15, -0.1) is 0 Å². The van der Waals surface area contributed by atoms with E-state index in [4.69, 9.17) is 14.2 Å². The molecule has 0 saturated heterocycles. The fourth-order valence-electron chi connectivity index (χ4n) is 2.26. The summed E-state index contributed by atoms with van der Waals surface area (Å²) in [7, 11) is 4.05. The number of hydrogen-bond donors (Lipinski definition) is 2. The first-order valence-electron chi connectivity index (χ1n) is 7.72. The van der Waals surface area contributed by atoms with E-state index < -0.39 is 23.5 Å². The number of nitrogens with one attached hydrogen (secondary N) is 2. The molecule has 144 valence electrons. The van der Waals surface area contributed by atoms with Crippen LogP contribution in [0.5, 0.6) is 11.5 Å². The van der Waals surface area contributed by atoms with E-state index in [1.807, 2.05) is 0 Å². The van der Waals surface area contributed by atoms with E-state index in [0.717, 1.165) is 12.1 Å². The number of carbonyl (C=O) groups excluding carboxylic acids is 2. The number of esters is 1. The number of hydrogen-bond acceptors (Lipinski definition) is 6. The van der Waals surface area contributed by atoms with E-state index in [1.54, 1.807) is 0 Å². The van der Waals surface area contributed by atoms with Gasteiger partial charge in [0, 0.05) is 18.2 Å². The van der Waals surface area contributed by atoms with Crippen molar-refractivity contribution in [3.8, 4) is 11.5 Å². The van der Waals surface area contributed by atoms with Crippen LogP contribution in [0.3, 0.4) is 0 Å². The molecule has 0 atom stereocenters. The van der Waals surface area contributed by atoms with Crippen molar-refractivity contribution in [2.75, 3.05) is 38.5 Å². The zero-order chi connectivity index (χ0) is 20.0. The van der Waals surface area contributed by atoms with Crippen LogP contribution in [0.1, 0.15) is 10.4 Å². The fraction of sp³-hybridized carbons (Fsp3) is 0.222. The molecule has 0 aliphatic heterocycles. The number of carbonyl (C=O) groups is 2. The van der Waals surface area contributed by atoms with E-state index in [0.29, 0.717) is 17.6 Å². The highest BCUT2D eigenvalue weighted by Gasteiger charge is 2.18. The summed E-state index contributed by atoms with van der Waals surface area (Å²) in [5.41, 5.74) is 0.217. The largest absolute Gasteiger partial charge is 0.493 e. The van der Waals surface area contributed by atoms with Crippen molar-refractivity contribution in [1.29, 1.82) is 0 Å². The maximum Gasteiger partial charge on any atom is 0.340 e. The van der Waals surface area contributed by atoms with Crippen LogP contribution in [0.25, 0.3) is 0 Å². The molecule has 7 nitrogen and oxygen atoms in total. The second kappa shape index (κ2) is 8.84. The van der Waals surface area contributed by atoms with E-state index in [-0.39, 0.29) is 23.5 Å². The van der Waals surface area contributed by atoms with Crippen molar-refractivity contribution in [2.24, 2.45) is 0 Å². The Hall–Kier alpha value is -3.36. The average molecular weight is 380 g/mol. The molecule has 0 aliphatic rings. The van der Waals surface area contributed by atoms with Crippen LogP contribution < -0.4 is 20.1 Å². The van der Waals surface area contributed by atoms with Gasteiger partial charge in [-0.3, -0.25) is 4.79 Å². The lowest BCUT2D eigenvalue weighted by molar-refractivity contribution is -0.114. The van der Waals surface area contributed by atoms with Crippen molar-refractivity contribution < 1.29 is 32.6 Å². The third kappa shape index (κ3) is 4.84. The molecule has 0 aliphatic carbocycles. The Morgan fingerprint density at radius 3 is 2.22 bits per heavy atom. The molecule has 0 aromatic heterocycles. The lowest BCUT2D eigenvalue weighted by Gasteiger charge is -2.15. The number of halogens is 2. The minimum Gasteiger partial charge on any atom is -0.493 e. The average Bonchev–Trinajstić information content (AvgIpc) is 2.67. The summed E-state index contributed by atoms with van der Waals surface area (Å²) in [5, 5.41) is 5.07. The number of anilines is 2. The van der Waals surface area contributed by atoms with Gasteiger partial charge in [0.25, 0.3) is 0 Å². The van der Waals surface area contributed by atoms with Gasteiger partial charge < -0.3 is 24.8 Å². The summed E-state index contributed by atoms with van der Waals surface area (Å²) in [4.78, 5) is 24.0. The summed E-state index contributed by atoms with van der Waals surface area (Å²) in [6.07, 6.45) is 0. The van der Waals surface area contributed by atoms with Gasteiger partial charge in [0.05, 0.1) is 44.8 Å². The lowest BCUT2D eigenvalue weighted by Crippen LogP contribution is -2.23. The van der Waals surface area contributed by atoms with Gasteiger partial charge in [0.15, 0.2) is 11.5 Å². The topological polar surface area (TPSA) is 85.9 Å². The Bertz CT molecular complexity index is 858. The molecule has 0 spiro atoms. The minimum atomic E-state index is -0.898. The predicted molar refractivity (Wildman–Crippen MR) is 94.4 cm³/mol. The summed E-state index contributed by atoms with van der Waals surface area (Å²) >= 11 is 0. The minimum absolute atomic E-state index is 0.121. The number of rotatable bonds is 7. The van der Waals surface area contributed by atoms with Crippen molar-refractivity contribution >= 4 is 23.3 Å². The molecule has 27 heavy (non-hydrogen) atoms. The zero-order valence-corrected chi connectivity index (χ0v) is 14.9.